The van der Waals surface area contributed by atoms with Gasteiger partial charge in [-0.1, -0.05) is 20.3 Å². The molecule has 0 aromatic heterocycles. The van der Waals surface area contributed by atoms with Crippen LogP contribution in [0.5, 0.6) is 5.75 Å². The molecule has 0 bridgehead atoms. The van der Waals surface area contributed by atoms with E-state index in [9.17, 15) is 18.3 Å². The Morgan fingerprint density at radius 1 is 1.17 bits per heavy atom. The first-order valence-electron chi connectivity index (χ1n) is 10.3. The highest BCUT2D eigenvalue weighted by Crippen LogP contribution is 2.30. The van der Waals surface area contributed by atoms with Crippen molar-refractivity contribution >= 4 is 21.7 Å². The highest BCUT2D eigenvalue weighted by Gasteiger charge is 2.27. The summed E-state index contributed by atoms with van der Waals surface area (Å²) in [5.74, 6) is 0.390. The Morgan fingerprint density at radius 3 is 2.41 bits per heavy atom. The quantitative estimate of drug-likeness (QED) is 0.562. The predicted molar refractivity (Wildman–Crippen MR) is 113 cm³/mol. The molecule has 9 heteroatoms. The molecule has 1 heterocycles. The van der Waals surface area contributed by atoms with E-state index in [1.165, 1.54) is 16.4 Å². The Labute approximate surface area is 173 Å². The number of anilines is 1. The van der Waals surface area contributed by atoms with Crippen LogP contribution in [0.2, 0.25) is 0 Å². The van der Waals surface area contributed by atoms with Crippen molar-refractivity contribution in [3.8, 4) is 5.75 Å². The van der Waals surface area contributed by atoms with Gasteiger partial charge in [-0.3, -0.25) is 0 Å². The first-order chi connectivity index (χ1) is 13.8. The number of hydrogen-bond donors (Lipinski definition) is 3. The molecule has 0 spiro atoms. The summed E-state index contributed by atoms with van der Waals surface area (Å²) in [4.78, 5) is 12.5. The topological polar surface area (TPSA) is 108 Å². The van der Waals surface area contributed by atoms with Crippen molar-refractivity contribution in [3.63, 3.8) is 0 Å². The second-order valence-electron chi connectivity index (χ2n) is 7.29. The van der Waals surface area contributed by atoms with Crippen LogP contribution in [0.15, 0.2) is 23.1 Å². The monoisotopic (exact) mass is 427 g/mol. The van der Waals surface area contributed by atoms with E-state index in [1.807, 2.05) is 20.8 Å². The van der Waals surface area contributed by atoms with Gasteiger partial charge in [-0.05, 0) is 50.8 Å². The number of sulfonamides is 1. The van der Waals surface area contributed by atoms with Gasteiger partial charge >= 0.3 is 6.03 Å². The van der Waals surface area contributed by atoms with Crippen molar-refractivity contribution in [2.75, 3.05) is 31.6 Å². The maximum atomic E-state index is 13.0. The number of nitrogens with zero attached hydrogens (tertiary/aromatic N) is 1. The minimum Gasteiger partial charge on any atom is -0.492 e. The van der Waals surface area contributed by atoms with Gasteiger partial charge in [0.25, 0.3) is 0 Å². The normalized spacial score (nSPS) is 15.7. The van der Waals surface area contributed by atoms with E-state index >= 15 is 0 Å². The van der Waals surface area contributed by atoms with Gasteiger partial charge in [-0.25, -0.2) is 13.2 Å². The molecule has 0 atom stereocenters. The largest absolute Gasteiger partial charge is 0.492 e. The van der Waals surface area contributed by atoms with E-state index in [0.29, 0.717) is 38.3 Å². The van der Waals surface area contributed by atoms with Crippen molar-refractivity contribution < 1.29 is 23.1 Å². The summed E-state index contributed by atoms with van der Waals surface area (Å²) in [6, 6.07) is 3.97. The number of ether oxygens (including phenoxy) is 1. The number of benzene rings is 1. The number of hydrogen-bond acceptors (Lipinski definition) is 5. The van der Waals surface area contributed by atoms with Crippen LogP contribution in [0.4, 0.5) is 10.5 Å². The lowest BCUT2D eigenvalue weighted by Crippen LogP contribution is -2.43. The summed E-state index contributed by atoms with van der Waals surface area (Å²) in [6.45, 7) is 7.00. The first-order valence-corrected chi connectivity index (χ1v) is 11.7. The van der Waals surface area contributed by atoms with Crippen molar-refractivity contribution in [3.05, 3.63) is 18.2 Å². The van der Waals surface area contributed by atoms with Crippen molar-refractivity contribution in [2.45, 2.75) is 63.4 Å². The summed E-state index contributed by atoms with van der Waals surface area (Å²) in [6.07, 6.45) is 3.75. The second kappa shape index (κ2) is 10.3. The molecular formula is C20H33N3O5S. The molecular weight excluding hydrogens is 394 g/mol. The molecule has 29 heavy (non-hydrogen) atoms. The fourth-order valence-electron chi connectivity index (χ4n) is 3.21. The van der Waals surface area contributed by atoms with Crippen LogP contribution in [0, 0.1) is 0 Å². The van der Waals surface area contributed by atoms with E-state index in [2.05, 4.69) is 10.6 Å². The number of carbonyl (C=O) groups excluding carboxylic acids is 1. The third-order valence-corrected chi connectivity index (χ3v) is 7.24. The zero-order chi connectivity index (χ0) is 21.5. The highest BCUT2D eigenvalue weighted by atomic mass is 32.2. The van der Waals surface area contributed by atoms with Gasteiger partial charge in [0.1, 0.15) is 5.75 Å². The maximum absolute atomic E-state index is 13.0. The number of amides is 2. The average Bonchev–Trinajstić information content (AvgIpc) is 2.74. The number of aliphatic hydroxyl groups is 1. The molecule has 2 amide bonds. The lowest BCUT2D eigenvalue weighted by Gasteiger charge is -2.26. The van der Waals surface area contributed by atoms with Gasteiger partial charge in [0.15, 0.2) is 0 Å². The van der Waals surface area contributed by atoms with E-state index in [1.54, 1.807) is 6.07 Å². The van der Waals surface area contributed by atoms with E-state index < -0.39 is 21.7 Å². The van der Waals surface area contributed by atoms with Crippen LogP contribution < -0.4 is 15.4 Å². The van der Waals surface area contributed by atoms with Crippen molar-refractivity contribution in [1.29, 1.82) is 0 Å². The van der Waals surface area contributed by atoms with Crippen LogP contribution in [-0.2, 0) is 10.0 Å². The number of rotatable bonds is 9. The van der Waals surface area contributed by atoms with Gasteiger partial charge < -0.3 is 20.5 Å². The summed E-state index contributed by atoms with van der Waals surface area (Å²) in [5, 5.41) is 15.6. The van der Waals surface area contributed by atoms with Crippen LogP contribution in [0.3, 0.4) is 0 Å². The molecule has 3 N–H and O–H groups in total. The van der Waals surface area contributed by atoms with E-state index in [0.717, 1.165) is 19.3 Å². The lowest BCUT2D eigenvalue weighted by atomic mass is 9.98. The predicted octanol–water partition coefficient (Wildman–Crippen LogP) is 2.93. The SMILES string of the molecule is CCOc1ccc(S(=O)(=O)N2CCCCC2)cc1NC(=O)NCC(O)(CC)CC. The zero-order valence-corrected chi connectivity index (χ0v) is 18.3. The molecule has 1 aromatic carbocycles. The number of urea groups is 1. The van der Waals surface area contributed by atoms with E-state index in [-0.39, 0.29) is 17.1 Å². The summed E-state index contributed by atoms with van der Waals surface area (Å²) in [5.41, 5.74) is -0.696. The molecule has 2 rings (SSSR count). The number of nitrogens with one attached hydrogen (secondary N) is 2. The molecule has 1 aliphatic rings. The number of carbonyl (C=O) groups is 1. The molecule has 1 aromatic rings. The minimum absolute atomic E-state index is 0.0988. The molecule has 0 unspecified atom stereocenters. The summed E-state index contributed by atoms with van der Waals surface area (Å²) < 4.78 is 32.9. The van der Waals surface area contributed by atoms with Gasteiger partial charge in [0.05, 0.1) is 22.8 Å². The third-order valence-electron chi connectivity index (χ3n) is 5.35. The van der Waals surface area contributed by atoms with Crippen molar-refractivity contribution in [1.82, 2.24) is 9.62 Å². The smallest absolute Gasteiger partial charge is 0.319 e. The molecule has 1 saturated heterocycles. The Kier molecular flexibility index (Phi) is 8.30. The molecule has 1 fully saturated rings. The van der Waals surface area contributed by atoms with Crippen molar-refractivity contribution in [2.24, 2.45) is 0 Å². The van der Waals surface area contributed by atoms with Gasteiger partial charge in [-0.2, -0.15) is 4.31 Å². The second-order valence-corrected chi connectivity index (χ2v) is 9.23. The Bertz CT molecular complexity index is 787. The molecule has 164 valence electrons. The molecule has 8 nitrogen and oxygen atoms in total. The fourth-order valence-corrected chi connectivity index (χ4v) is 4.76. The Hall–Kier alpha value is -1.84. The van der Waals surface area contributed by atoms with Crippen LogP contribution in [0.25, 0.3) is 0 Å². The van der Waals surface area contributed by atoms with Crippen LogP contribution in [0.1, 0.15) is 52.9 Å². The Balaban J connectivity index is 2.20. The van der Waals surface area contributed by atoms with Gasteiger partial charge in [0, 0.05) is 19.6 Å². The number of piperidine rings is 1. The fraction of sp³-hybridized carbons (Fsp3) is 0.650. The average molecular weight is 428 g/mol. The first kappa shape index (κ1) is 23.4. The van der Waals surface area contributed by atoms with Crippen LogP contribution >= 0.6 is 0 Å². The Morgan fingerprint density at radius 2 is 1.83 bits per heavy atom. The minimum atomic E-state index is -3.63. The lowest BCUT2D eigenvalue weighted by molar-refractivity contribution is 0.0354. The van der Waals surface area contributed by atoms with E-state index in [4.69, 9.17) is 4.74 Å². The molecule has 0 saturated carbocycles. The molecule has 1 aliphatic heterocycles. The third kappa shape index (κ3) is 6.07. The zero-order valence-electron chi connectivity index (χ0n) is 17.5. The van der Waals surface area contributed by atoms with Gasteiger partial charge in [0.2, 0.25) is 10.0 Å². The molecule has 0 aliphatic carbocycles. The summed E-state index contributed by atoms with van der Waals surface area (Å²) >= 11 is 0. The maximum Gasteiger partial charge on any atom is 0.319 e. The highest BCUT2D eigenvalue weighted by molar-refractivity contribution is 7.89. The van der Waals surface area contributed by atoms with Gasteiger partial charge in [-0.15, -0.1) is 0 Å². The van der Waals surface area contributed by atoms with Crippen LogP contribution in [-0.4, -0.2) is 55.7 Å². The molecule has 0 radical (unpaired) electrons. The summed E-state index contributed by atoms with van der Waals surface area (Å²) in [7, 11) is -3.63. The standard InChI is InChI=1S/C20H33N3O5S/c1-4-20(25,5-2)15-21-19(24)22-17-14-16(10-11-18(17)28-6-3)29(26,27)23-12-8-7-9-13-23/h10-11,14,25H,4-9,12-13,15H2,1-3H3,(H2,21,22,24).